The Hall–Kier alpha value is -1.72. The molecule has 0 radical (unpaired) electrons. The molecule has 0 unspecified atom stereocenters. The third-order valence-electron chi connectivity index (χ3n) is 3.82. The molecule has 0 aliphatic carbocycles. The molecule has 21 heavy (non-hydrogen) atoms. The number of hydrogen-bond donors (Lipinski definition) is 1. The van der Waals surface area contributed by atoms with E-state index < -0.39 is 5.97 Å². The third kappa shape index (κ3) is 3.68. The van der Waals surface area contributed by atoms with Gasteiger partial charge in [0.05, 0.1) is 18.8 Å². The molecule has 5 heteroatoms. The molecule has 1 aliphatic rings. The number of carbonyl (C=O) groups is 1. The normalized spacial score (nSPS) is 15.4. The minimum Gasteiger partial charge on any atom is -0.550 e. The summed E-state index contributed by atoms with van der Waals surface area (Å²) in [7, 11) is 0. The second-order valence-corrected chi connectivity index (χ2v) is 6.39. The Morgan fingerprint density at radius 3 is 2.90 bits per heavy atom. The molecule has 0 bridgehead atoms. The summed E-state index contributed by atoms with van der Waals surface area (Å²) in [5.41, 5.74) is 2.97. The lowest BCUT2D eigenvalue weighted by Crippen LogP contribution is -3.08. The average Bonchev–Trinajstić information content (AvgIpc) is 3.10. The fourth-order valence-corrected chi connectivity index (χ4v) is 3.64. The molecule has 110 valence electrons. The minimum atomic E-state index is -1.08. The largest absolute Gasteiger partial charge is 0.550 e. The molecule has 2 aromatic rings. The van der Waals surface area contributed by atoms with Crippen LogP contribution in [0.2, 0.25) is 0 Å². The fourth-order valence-electron chi connectivity index (χ4n) is 2.82. The van der Waals surface area contributed by atoms with Gasteiger partial charge in [0.15, 0.2) is 0 Å². The zero-order chi connectivity index (χ0) is 14.7. The van der Waals surface area contributed by atoms with E-state index in [9.17, 15) is 9.90 Å². The third-order valence-corrected chi connectivity index (χ3v) is 4.76. The van der Waals surface area contributed by atoms with Crippen molar-refractivity contribution in [2.24, 2.45) is 0 Å². The van der Waals surface area contributed by atoms with Gasteiger partial charge in [-0.1, -0.05) is 18.2 Å². The lowest BCUT2D eigenvalue weighted by atomic mass is 10.1. The molecule has 0 atom stereocenters. The number of nitrogens with one attached hydrogen (secondary N) is 1. The summed E-state index contributed by atoms with van der Waals surface area (Å²) in [6.07, 6.45) is 2.54. The van der Waals surface area contributed by atoms with E-state index in [1.807, 2.05) is 6.07 Å². The molecule has 2 heterocycles. The van der Waals surface area contributed by atoms with Gasteiger partial charge in [-0.25, -0.2) is 4.98 Å². The Kier molecular flexibility index (Phi) is 4.31. The Morgan fingerprint density at radius 1 is 1.33 bits per heavy atom. The van der Waals surface area contributed by atoms with E-state index >= 15 is 0 Å². The van der Waals surface area contributed by atoms with Crippen molar-refractivity contribution in [3.63, 3.8) is 0 Å². The van der Waals surface area contributed by atoms with Gasteiger partial charge in [0.1, 0.15) is 11.6 Å². The number of likely N-dealkylation sites (tertiary alicyclic amines) is 1. The van der Waals surface area contributed by atoms with Crippen molar-refractivity contribution in [2.45, 2.75) is 25.8 Å². The van der Waals surface area contributed by atoms with Gasteiger partial charge in [-0.2, -0.15) is 0 Å². The van der Waals surface area contributed by atoms with Crippen molar-refractivity contribution < 1.29 is 14.8 Å². The van der Waals surface area contributed by atoms with E-state index in [0.717, 1.165) is 17.1 Å². The van der Waals surface area contributed by atoms with Crippen LogP contribution in [0.25, 0.3) is 10.6 Å². The van der Waals surface area contributed by atoms with E-state index in [1.165, 1.54) is 42.8 Å². The second-order valence-electron chi connectivity index (χ2n) is 5.53. The van der Waals surface area contributed by atoms with E-state index in [2.05, 4.69) is 23.2 Å². The average molecular weight is 302 g/mol. The highest BCUT2D eigenvalue weighted by Gasteiger charge is 2.16. The highest BCUT2D eigenvalue weighted by Crippen LogP contribution is 2.24. The van der Waals surface area contributed by atoms with E-state index in [-0.39, 0.29) is 6.42 Å². The van der Waals surface area contributed by atoms with Crippen molar-refractivity contribution in [1.29, 1.82) is 0 Å². The fraction of sp³-hybridized carbons (Fsp3) is 0.375. The first-order valence-corrected chi connectivity index (χ1v) is 8.16. The summed E-state index contributed by atoms with van der Waals surface area (Å²) >= 11 is 1.49. The molecule has 1 fully saturated rings. The van der Waals surface area contributed by atoms with E-state index in [0.29, 0.717) is 5.69 Å². The zero-order valence-corrected chi connectivity index (χ0v) is 12.6. The van der Waals surface area contributed by atoms with Crippen molar-refractivity contribution in [3.05, 3.63) is 40.9 Å². The lowest BCUT2D eigenvalue weighted by molar-refractivity contribution is -0.901. The number of carboxylic acids is 1. The van der Waals surface area contributed by atoms with Gasteiger partial charge in [0.2, 0.25) is 0 Å². The molecule has 1 aromatic heterocycles. The molecule has 0 saturated carbocycles. The maximum Gasteiger partial charge on any atom is 0.123 e. The number of hydrogen-bond acceptors (Lipinski definition) is 4. The van der Waals surface area contributed by atoms with Crippen molar-refractivity contribution in [2.75, 3.05) is 13.1 Å². The van der Waals surface area contributed by atoms with Gasteiger partial charge in [-0.3, -0.25) is 0 Å². The molecular weight excluding hydrogens is 284 g/mol. The molecule has 3 rings (SSSR count). The zero-order valence-electron chi connectivity index (χ0n) is 11.8. The first-order valence-electron chi connectivity index (χ1n) is 7.28. The van der Waals surface area contributed by atoms with Gasteiger partial charge in [0, 0.05) is 41.7 Å². The Labute approximate surface area is 128 Å². The number of carbonyl (C=O) groups excluding carboxylic acids is 1. The summed E-state index contributed by atoms with van der Waals surface area (Å²) < 4.78 is 0. The molecule has 4 nitrogen and oxygen atoms in total. The van der Waals surface area contributed by atoms with Crippen LogP contribution >= 0.6 is 11.3 Å². The monoisotopic (exact) mass is 302 g/mol. The SMILES string of the molecule is O=C([O-])Cc1csc(-c2cccc(C[NH+]3CCCC3)c2)n1. The van der Waals surface area contributed by atoms with Gasteiger partial charge in [-0.15, -0.1) is 11.3 Å². The Bertz CT molecular complexity index is 633. The molecule has 1 aliphatic heterocycles. The highest BCUT2D eigenvalue weighted by molar-refractivity contribution is 7.13. The van der Waals surface area contributed by atoms with Crippen LogP contribution in [0.15, 0.2) is 29.6 Å². The number of thiazole rings is 1. The number of aromatic nitrogens is 1. The Morgan fingerprint density at radius 2 is 2.14 bits per heavy atom. The van der Waals surface area contributed by atoms with Gasteiger partial charge < -0.3 is 14.8 Å². The highest BCUT2D eigenvalue weighted by atomic mass is 32.1. The number of nitrogens with zero attached hydrogens (tertiary/aromatic N) is 1. The lowest BCUT2D eigenvalue weighted by Gasteiger charge is -2.12. The van der Waals surface area contributed by atoms with Crippen molar-refractivity contribution >= 4 is 17.3 Å². The van der Waals surface area contributed by atoms with Gasteiger partial charge >= 0.3 is 0 Å². The van der Waals surface area contributed by atoms with Crippen LogP contribution in [0, 0.1) is 0 Å². The van der Waals surface area contributed by atoms with Crippen LogP contribution in [0.4, 0.5) is 0 Å². The summed E-state index contributed by atoms with van der Waals surface area (Å²) in [4.78, 5) is 16.6. The topological polar surface area (TPSA) is 57.5 Å². The molecule has 1 N–H and O–H groups in total. The summed E-state index contributed by atoms with van der Waals surface area (Å²) in [5, 5.41) is 13.3. The van der Waals surface area contributed by atoms with Crippen LogP contribution in [0.1, 0.15) is 24.1 Å². The predicted octanol–water partition coefficient (Wildman–Crippen LogP) is 0.281. The molecule has 1 aromatic carbocycles. The molecular formula is C16H18N2O2S. The number of aliphatic carboxylic acids is 1. The van der Waals surface area contributed by atoms with Crippen LogP contribution in [0.3, 0.4) is 0 Å². The molecule has 1 saturated heterocycles. The minimum absolute atomic E-state index is 0.117. The number of quaternary nitrogens is 1. The number of rotatable bonds is 5. The second kappa shape index (κ2) is 6.37. The van der Waals surface area contributed by atoms with Crippen LogP contribution < -0.4 is 10.0 Å². The first kappa shape index (κ1) is 14.2. The van der Waals surface area contributed by atoms with Crippen LogP contribution in [-0.2, 0) is 17.8 Å². The summed E-state index contributed by atoms with van der Waals surface area (Å²) in [6, 6.07) is 8.42. The first-order chi connectivity index (χ1) is 10.2. The smallest absolute Gasteiger partial charge is 0.123 e. The maximum atomic E-state index is 10.6. The van der Waals surface area contributed by atoms with Gasteiger partial charge in [0.25, 0.3) is 0 Å². The molecule has 0 spiro atoms. The summed E-state index contributed by atoms with van der Waals surface area (Å²) in [5.74, 6) is -1.08. The van der Waals surface area contributed by atoms with Crippen molar-refractivity contribution in [1.82, 2.24) is 4.98 Å². The number of benzene rings is 1. The molecule has 0 amide bonds. The number of carboxylic acid groups (broad SMARTS) is 1. The van der Waals surface area contributed by atoms with Crippen LogP contribution in [-0.4, -0.2) is 24.0 Å². The maximum absolute atomic E-state index is 10.6. The van der Waals surface area contributed by atoms with E-state index in [1.54, 1.807) is 10.3 Å². The van der Waals surface area contributed by atoms with E-state index in [4.69, 9.17) is 0 Å². The van der Waals surface area contributed by atoms with Gasteiger partial charge in [-0.05, 0) is 6.07 Å². The predicted molar refractivity (Wildman–Crippen MR) is 79.9 cm³/mol. The van der Waals surface area contributed by atoms with Crippen molar-refractivity contribution in [3.8, 4) is 10.6 Å². The standard InChI is InChI=1S/C16H18N2O2S/c19-15(20)9-14-11-21-16(17-14)13-5-3-4-12(8-13)10-18-6-1-2-7-18/h3-5,8,11H,1-2,6-7,9-10H2,(H,19,20). The quantitative estimate of drug-likeness (QED) is 0.863. The Balaban J connectivity index is 1.75. The summed E-state index contributed by atoms with van der Waals surface area (Å²) in [6.45, 7) is 3.58. The van der Waals surface area contributed by atoms with Crippen LogP contribution in [0.5, 0.6) is 0 Å².